The molecule has 1 aromatic heterocycles. The Bertz CT molecular complexity index is 1230. The van der Waals surface area contributed by atoms with E-state index in [1.807, 2.05) is 50.2 Å². The van der Waals surface area contributed by atoms with Gasteiger partial charge in [0, 0.05) is 16.3 Å². The maximum Gasteiger partial charge on any atom is 0.295 e. The van der Waals surface area contributed by atoms with Crippen molar-refractivity contribution in [3.05, 3.63) is 94.5 Å². The predicted octanol–water partition coefficient (Wildman–Crippen LogP) is 5.60. The lowest BCUT2D eigenvalue weighted by molar-refractivity contribution is 0.101. The average Bonchev–Trinajstić information content (AvgIpc) is 3.17. The number of halogens is 2. The number of hydrogen-bond acceptors (Lipinski definition) is 3. The van der Waals surface area contributed by atoms with Gasteiger partial charge >= 0.3 is 0 Å². The van der Waals surface area contributed by atoms with Gasteiger partial charge < -0.3 is 5.32 Å². The third kappa shape index (κ3) is 4.09. The first-order valence-corrected chi connectivity index (χ1v) is 9.66. The van der Waals surface area contributed by atoms with Crippen LogP contribution in [-0.4, -0.2) is 20.7 Å². The lowest BCUT2D eigenvalue weighted by atomic mass is 10.1. The third-order valence-electron chi connectivity index (χ3n) is 4.59. The Morgan fingerprint density at radius 1 is 1.03 bits per heavy atom. The van der Waals surface area contributed by atoms with Crippen LogP contribution >= 0.6 is 11.6 Å². The van der Waals surface area contributed by atoms with Gasteiger partial charge in [-0.3, -0.25) is 4.79 Å². The van der Waals surface area contributed by atoms with E-state index in [-0.39, 0.29) is 11.6 Å². The van der Waals surface area contributed by atoms with Crippen LogP contribution in [0.4, 0.5) is 10.1 Å². The Morgan fingerprint density at radius 3 is 2.50 bits per heavy atom. The Labute approximate surface area is 178 Å². The molecule has 3 aromatic carbocycles. The van der Waals surface area contributed by atoms with Crippen LogP contribution in [0.25, 0.3) is 17.1 Å². The van der Waals surface area contributed by atoms with E-state index < -0.39 is 5.91 Å². The van der Waals surface area contributed by atoms with Crippen molar-refractivity contribution in [3.63, 3.8) is 0 Å². The van der Waals surface area contributed by atoms with Crippen LogP contribution in [0.1, 0.15) is 21.7 Å². The van der Waals surface area contributed by atoms with E-state index in [0.717, 1.165) is 16.7 Å². The first-order chi connectivity index (χ1) is 14.4. The molecule has 4 rings (SSSR count). The molecule has 0 spiro atoms. The topological polar surface area (TPSA) is 59.8 Å². The van der Waals surface area contributed by atoms with Crippen molar-refractivity contribution in [2.24, 2.45) is 0 Å². The SMILES string of the molecule is Cc1cccc(-c2nc(C(=O)Nc3ccc(F)cc3)nn2-c2ccc(C)c(Cl)c2)c1. The molecule has 1 amide bonds. The van der Waals surface area contributed by atoms with Gasteiger partial charge in [0.2, 0.25) is 5.82 Å². The Kier molecular flexibility index (Phi) is 5.33. The van der Waals surface area contributed by atoms with E-state index in [1.54, 1.807) is 10.7 Å². The molecule has 30 heavy (non-hydrogen) atoms. The molecule has 0 aliphatic carbocycles. The molecule has 0 aliphatic heterocycles. The second-order valence-electron chi connectivity index (χ2n) is 6.93. The fourth-order valence-corrected chi connectivity index (χ4v) is 3.17. The van der Waals surface area contributed by atoms with Crippen LogP contribution < -0.4 is 5.32 Å². The second-order valence-corrected chi connectivity index (χ2v) is 7.34. The summed E-state index contributed by atoms with van der Waals surface area (Å²) >= 11 is 6.31. The fourth-order valence-electron chi connectivity index (χ4n) is 2.99. The van der Waals surface area contributed by atoms with E-state index >= 15 is 0 Å². The predicted molar refractivity (Wildman–Crippen MR) is 116 cm³/mol. The number of nitrogens with zero attached hydrogens (tertiary/aromatic N) is 3. The number of benzene rings is 3. The number of aromatic nitrogens is 3. The maximum atomic E-state index is 13.1. The Balaban J connectivity index is 1.77. The first-order valence-electron chi connectivity index (χ1n) is 9.28. The summed E-state index contributed by atoms with van der Waals surface area (Å²) in [6, 6.07) is 18.8. The number of hydrogen-bond donors (Lipinski definition) is 1. The van der Waals surface area contributed by atoms with Gasteiger partial charge in [0.05, 0.1) is 5.69 Å². The quantitative estimate of drug-likeness (QED) is 0.467. The number of amides is 1. The molecule has 0 fully saturated rings. The van der Waals surface area contributed by atoms with Crippen LogP contribution in [0.2, 0.25) is 5.02 Å². The number of nitrogens with one attached hydrogen (secondary N) is 1. The summed E-state index contributed by atoms with van der Waals surface area (Å²) in [5.74, 6) is -0.365. The minimum Gasteiger partial charge on any atom is -0.319 e. The zero-order chi connectivity index (χ0) is 21.3. The van der Waals surface area contributed by atoms with Gasteiger partial charge in [-0.2, -0.15) is 0 Å². The molecule has 0 aliphatic rings. The highest BCUT2D eigenvalue weighted by Crippen LogP contribution is 2.25. The molecule has 0 saturated heterocycles. The molecule has 7 heteroatoms. The van der Waals surface area contributed by atoms with Crippen LogP contribution in [0.5, 0.6) is 0 Å². The lowest BCUT2D eigenvalue weighted by Gasteiger charge is -2.08. The highest BCUT2D eigenvalue weighted by Gasteiger charge is 2.19. The molecule has 1 N–H and O–H groups in total. The molecule has 4 aromatic rings. The minimum absolute atomic E-state index is 0.00692. The third-order valence-corrected chi connectivity index (χ3v) is 5.00. The summed E-state index contributed by atoms with van der Waals surface area (Å²) in [6.07, 6.45) is 0. The molecule has 150 valence electrons. The van der Waals surface area contributed by atoms with Crippen molar-refractivity contribution in [2.75, 3.05) is 5.32 Å². The largest absolute Gasteiger partial charge is 0.319 e. The summed E-state index contributed by atoms with van der Waals surface area (Å²) in [4.78, 5) is 17.2. The molecular weight excluding hydrogens is 403 g/mol. The fraction of sp³-hybridized carbons (Fsp3) is 0.0870. The van der Waals surface area contributed by atoms with Crippen LogP contribution in [0.3, 0.4) is 0 Å². The van der Waals surface area contributed by atoms with Crippen molar-refractivity contribution in [3.8, 4) is 17.1 Å². The minimum atomic E-state index is -0.493. The summed E-state index contributed by atoms with van der Waals surface area (Å²) in [6.45, 7) is 3.89. The molecule has 0 saturated carbocycles. The van der Waals surface area contributed by atoms with Gasteiger partial charge in [0.1, 0.15) is 5.82 Å². The summed E-state index contributed by atoms with van der Waals surface area (Å²) in [7, 11) is 0. The van der Waals surface area contributed by atoms with E-state index in [2.05, 4.69) is 15.4 Å². The molecule has 0 bridgehead atoms. The van der Waals surface area contributed by atoms with Crippen molar-refractivity contribution in [2.45, 2.75) is 13.8 Å². The molecule has 0 radical (unpaired) electrons. The van der Waals surface area contributed by atoms with Gasteiger partial charge in [0.25, 0.3) is 5.91 Å². The molecule has 0 atom stereocenters. The monoisotopic (exact) mass is 420 g/mol. The van der Waals surface area contributed by atoms with Crippen LogP contribution in [0.15, 0.2) is 66.7 Å². The smallest absolute Gasteiger partial charge is 0.295 e. The van der Waals surface area contributed by atoms with Gasteiger partial charge in [-0.25, -0.2) is 14.1 Å². The highest BCUT2D eigenvalue weighted by atomic mass is 35.5. The van der Waals surface area contributed by atoms with E-state index in [4.69, 9.17) is 11.6 Å². The van der Waals surface area contributed by atoms with Crippen LogP contribution in [0, 0.1) is 19.7 Å². The van der Waals surface area contributed by atoms with Crippen molar-refractivity contribution >= 4 is 23.2 Å². The zero-order valence-electron chi connectivity index (χ0n) is 16.4. The first kappa shape index (κ1) is 19.8. The van der Waals surface area contributed by atoms with E-state index in [1.165, 1.54) is 24.3 Å². The number of carbonyl (C=O) groups is 1. The molecule has 1 heterocycles. The maximum absolute atomic E-state index is 13.1. The van der Waals surface area contributed by atoms with E-state index in [0.29, 0.717) is 22.2 Å². The van der Waals surface area contributed by atoms with E-state index in [9.17, 15) is 9.18 Å². The van der Waals surface area contributed by atoms with Gasteiger partial charge in [0.15, 0.2) is 5.82 Å². The lowest BCUT2D eigenvalue weighted by Crippen LogP contribution is -2.14. The summed E-state index contributed by atoms with van der Waals surface area (Å²) in [5, 5.41) is 7.72. The van der Waals surface area contributed by atoms with Crippen molar-refractivity contribution < 1.29 is 9.18 Å². The Morgan fingerprint density at radius 2 is 1.80 bits per heavy atom. The van der Waals surface area contributed by atoms with Crippen molar-refractivity contribution in [1.29, 1.82) is 0 Å². The number of carbonyl (C=O) groups excluding carboxylic acids is 1. The van der Waals surface area contributed by atoms with Crippen LogP contribution in [-0.2, 0) is 0 Å². The molecular formula is C23H18ClFN4O. The molecule has 5 nitrogen and oxygen atoms in total. The summed E-state index contributed by atoms with van der Waals surface area (Å²) in [5.41, 5.74) is 3.96. The summed E-state index contributed by atoms with van der Waals surface area (Å²) < 4.78 is 14.7. The van der Waals surface area contributed by atoms with Gasteiger partial charge in [-0.15, -0.1) is 5.10 Å². The van der Waals surface area contributed by atoms with Gasteiger partial charge in [-0.05, 0) is 61.9 Å². The standard InChI is InChI=1S/C23H18ClFN4O/c1-14-4-3-5-16(12-14)22-27-21(23(30)26-18-9-7-17(25)8-10-18)28-29(22)19-11-6-15(2)20(24)13-19/h3-13H,1-2H3,(H,26,30). The second kappa shape index (κ2) is 8.08. The Hall–Kier alpha value is -3.51. The number of rotatable bonds is 4. The normalized spacial score (nSPS) is 10.8. The average molecular weight is 421 g/mol. The number of anilines is 1. The zero-order valence-corrected chi connectivity index (χ0v) is 17.1. The van der Waals surface area contributed by atoms with Gasteiger partial charge in [-0.1, -0.05) is 41.4 Å². The highest BCUT2D eigenvalue weighted by molar-refractivity contribution is 6.31. The molecule has 0 unspecified atom stereocenters. The van der Waals surface area contributed by atoms with Crippen molar-refractivity contribution in [1.82, 2.24) is 14.8 Å². The number of aryl methyl sites for hydroxylation is 2.